The molecule has 4 atom stereocenters. The van der Waals surface area contributed by atoms with Crippen molar-refractivity contribution in [1.82, 2.24) is 25.6 Å². The molecule has 2 aromatic rings. The fourth-order valence-corrected chi connectivity index (χ4v) is 5.18. The summed E-state index contributed by atoms with van der Waals surface area (Å²) in [4.78, 5) is 69.3. The van der Waals surface area contributed by atoms with Crippen molar-refractivity contribution in [2.24, 2.45) is 0 Å². The van der Waals surface area contributed by atoms with Gasteiger partial charge in [0.1, 0.15) is 23.8 Å². The Balaban J connectivity index is 1.36. The van der Waals surface area contributed by atoms with E-state index in [0.717, 1.165) is 5.39 Å². The summed E-state index contributed by atoms with van der Waals surface area (Å²) in [6.45, 7) is 2.31. The highest BCUT2D eigenvalue weighted by atomic mass is 16.7. The molecule has 1 aromatic heterocycles. The van der Waals surface area contributed by atoms with E-state index >= 15 is 0 Å². The molecule has 3 fully saturated rings. The zero-order chi connectivity index (χ0) is 26.8. The van der Waals surface area contributed by atoms with Crippen molar-refractivity contribution in [1.29, 1.82) is 0 Å². The summed E-state index contributed by atoms with van der Waals surface area (Å²) >= 11 is 0. The second-order valence-electron chi connectivity index (χ2n) is 9.44. The van der Waals surface area contributed by atoms with E-state index in [1.807, 2.05) is 12.1 Å². The Morgan fingerprint density at radius 2 is 1.95 bits per heavy atom. The smallest absolute Gasteiger partial charge is 0.310 e. The normalized spacial score (nSPS) is 25.6. The third-order valence-electron chi connectivity index (χ3n) is 6.98. The maximum absolute atomic E-state index is 13.7. The van der Waals surface area contributed by atoms with Crippen LogP contribution < -0.4 is 10.6 Å². The highest BCUT2D eigenvalue weighted by Gasteiger charge is 2.46. The Hall–Kier alpha value is -4.06. The van der Waals surface area contributed by atoms with Gasteiger partial charge in [-0.05, 0) is 37.6 Å². The quantitative estimate of drug-likeness (QED) is 0.525. The minimum absolute atomic E-state index is 0.0296. The molecule has 0 radical (unpaired) electrons. The number of hydrogen-bond donors (Lipinski definition) is 2. The topological polar surface area (TPSA) is 147 Å². The molecule has 0 saturated carbocycles. The fourth-order valence-electron chi connectivity index (χ4n) is 5.18. The van der Waals surface area contributed by atoms with Crippen LogP contribution in [0.2, 0.25) is 0 Å². The molecule has 0 bridgehead atoms. The second-order valence-corrected chi connectivity index (χ2v) is 9.44. The Labute approximate surface area is 218 Å². The highest BCUT2D eigenvalue weighted by molar-refractivity contribution is 6.06. The van der Waals surface area contributed by atoms with Gasteiger partial charge in [-0.25, -0.2) is 5.01 Å². The van der Waals surface area contributed by atoms with Crippen molar-refractivity contribution in [2.45, 2.75) is 63.4 Å². The number of rotatable bonds is 6. The van der Waals surface area contributed by atoms with Gasteiger partial charge < -0.3 is 20.1 Å². The number of hydrogen-bond acceptors (Lipinski definition) is 8. The molecule has 3 aliphatic rings. The summed E-state index contributed by atoms with van der Waals surface area (Å²) in [5.74, 6) is -2.41. The second kappa shape index (κ2) is 10.7. The van der Waals surface area contributed by atoms with Gasteiger partial charge in [-0.1, -0.05) is 24.3 Å². The molecular formula is C26H29N5O7. The van der Waals surface area contributed by atoms with E-state index < -0.39 is 48.1 Å². The van der Waals surface area contributed by atoms with Crippen LogP contribution in [0.1, 0.15) is 49.5 Å². The summed E-state index contributed by atoms with van der Waals surface area (Å²) in [5.41, 5.74) is 0.170. The number of carbonyl (C=O) groups excluding carboxylic acids is 5. The summed E-state index contributed by atoms with van der Waals surface area (Å²) in [6, 6.07) is 6.33. The van der Waals surface area contributed by atoms with Gasteiger partial charge in [0.05, 0.1) is 6.42 Å². The Morgan fingerprint density at radius 3 is 2.76 bits per heavy atom. The third kappa shape index (κ3) is 4.91. The van der Waals surface area contributed by atoms with E-state index in [-0.39, 0.29) is 44.0 Å². The third-order valence-corrected chi connectivity index (χ3v) is 6.98. The van der Waals surface area contributed by atoms with Gasteiger partial charge in [0.2, 0.25) is 18.1 Å². The molecule has 0 unspecified atom stereocenters. The van der Waals surface area contributed by atoms with Crippen molar-refractivity contribution >= 4 is 40.4 Å². The molecule has 200 valence electrons. The number of carbonyl (C=O) groups is 5. The number of benzene rings is 1. The number of esters is 1. The van der Waals surface area contributed by atoms with E-state index in [9.17, 15) is 24.0 Å². The van der Waals surface area contributed by atoms with E-state index in [0.29, 0.717) is 18.2 Å². The van der Waals surface area contributed by atoms with Gasteiger partial charge in [0.15, 0.2) is 0 Å². The van der Waals surface area contributed by atoms with E-state index in [1.54, 1.807) is 25.1 Å². The first kappa shape index (κ1) is 25.6. The van der Waals surface area contributed by atoms with Crippen LogP contribution in [0.5, 0.6) is 0 Å². The monoisotopic (exact) mass is 523 g/mol. The van der Waals surface area contributed by atoms with Gasteiger partial charge in [0, 0.05) is 31.2 Å². The summed E-state index contributed by atoms with van der Waals surface area (Å²) in [6.07, 6.45) is 1.49. The SMILES string of the molecule is CCO[C@H]1OC(=O)C[C@@H]1NC(=O)[C@@H]1CCCN2C(=O)CC[C@H](NC(=O)c3nccc4ccccc34)C(=O)N12. The van der Waals surface area contributed by atoms with Crippen LogP contribution in [-0.4, -0.2) is 82.2 Å². The number of pyridine rings is 1. The van der Waals surface area contributed by atoms with Gasteiger partial charge in [-0.2, -0.15) is 0 Å². The minimum Gasteiger partial charge on any atom is -0.433 e. The van der Waals surface area contributed by atoms with Crippen molar-refractivity contribution in [3.05, 3.63) is 42.2 Å². The lowest BCUT2D eigenvalue weighted by atomic mass is 10.0. The lowest BCUT2D eigenvalue weighted by Crippen LogP contribution is -2.64. The number of ether oxygens (including phenoxy) is 2. The number of hydrazine groups is 1. The zero-order valence-electron chi connectivity index (χ0n) is 20.9. The molecule has 0 aliphatic carbocycles. The van der Waals surface area contributed by atoms with Crippen molar-refractivity contribution in [3.63, 3.8) is 0 Å². The van der Waals surface area contributed by atoms with Crippen LogP contribution in [0.3, 0.4) is 0 Å². The molecule has 12 heteroatoms. The van der Waals surface area contributed by atoms with Gasteiger partial charge in [0.25, 0.3) is 11.8 Å². The van der Waals surface area contributed by atoms with Crippen LogP contribution in [0.4, 0.5) is 0 Å². The average molecular weight is 524 g/mol. The number of aromatic nitrogens is 1. The first-order chi connectivity index (χ1) is 18.4. The molecule has 4 amide bonds. The van der Waals surface area contributed by atoms with E-state index in [4.69, 9.17) is 9.47 Å². The molecular weight excluding hydrogens is 494 g/mol. The van der Waals surface area contributed by atoms with Gasteiger partial charge >= 0.3 is 5.97 Å². The molecule has 2 N–H and O–H groups in total. The molecule has 1 aromatic carbocycles. The number of nitrogens with one attached hydrogen (secondary N) is 2. The summed E-state index contributed by atoms with van der Waals surface area (Å²) < 4.78 is 10.5. The highest BCUT2D eigenvalue weighted by Crippen LogP contribution is 2.26. The summed E-state index contributed by atoms with van der Waals surface area (Å²) in [7, 11) is 0. The standard InChI is InChI=1S/C26H29N5O7/c1-2-37-26-18(14-21(33)38-26)29-23(34)19-8-5-13-30-20(32)10-9-17(25(36)31(19)30)28-24(35)22-16-7-4-3-6-15(16)11-12-27-22/h3-4,6-7,11-12,17-19,26H,2,5,8-10,13-14H2,1H3,(H,28,35)(H,29,34)/t17-,18-,19-,26-/m0/s1. The molecule has 5 rings (SSSR count). The fraction of sp³-hybridized carbons (Fsp3) is 0.462. The Bertz CT molecular complexity index is 1280. The van der Waals surface area contributed by atoms with Crippen LogP contribution in [-0.2, 0) is 28.7 Å². The number of amides is 4. The Kier molecular flexibility index (Phi) is 7.23. The van der Waals surface area contributed by atoms with E-state index in [1.165, 1.54) is 16.2 Å². The first-order valence-corrected chi connectivity index (χ1v) is 12.8. The Morgan fingerprint density at radius 1 is 1.13 bits per heavy atom. The van der Waals surface area contributed by atoms with Crippen LogP contribution in [0.15, 0.2) is 36.5 Å². The van der Waals surface area contributed by atoms with Crippen molar-refractivity contribution in [2.75, 3.05) is 13.2 Å². The average Bonchev–Trinajstić information content (AvgIpc) is 3.21. The predicted molar refractivity (Wildman–Crippen MR) is 132 cm³/mol. The van der Waals surface area contributed by atoms with Crippen LogP contribution in [0, 0.1) is 0 Å². The summed E-state index contributed by atoms with van der Waals surface area (Å²) in [5, 5.41) is 9.45. The maximum Gasteiger partial charge on any atom is 0.310 e. The molecule has 3 saturated heterocycles. The van der Waals surface area contributed by atoms with E-state index in [2.05, 4.69) is 15.6 Å². The number of nitrogens with zero attached hydrogens (tertiary/aromatic N) is 3. The molecule has 0 spiro atoms. The van der Waals surface area contributed by atoms with Crippen LogP contribution >= 0.6 is 0 Å². The first-order valence-electron chi connectivity index (χ1n) is 12.8. The number of cyclic esters (lactones) is 1. The van der Waals surface area contributed by atoms with Gasteiger partial charge in [-0.15, -0.1) is 0 Å². The van der Waals surface area contributed by atoms with Crippen molar-refractivity contribution < 1.29 is 33.4 Å². The minimum atomic E-state index is -1.03. The maximum atomic E-state index is 13.7. The van der Waals surface area contributed by atoms with Crippen LogP contribution in [0.25, 0.3) is 10.8 Å². The lowest BCUT2D eigenvalue weighted by molar-refractivity contribution is -0.177. The molecule has 12 nitrogen and oxygen atoms in total. The van der Waals surface area contributed by atoms with Gasteiger partial charge in [-0.3, -0.25) is 34.0 Å². The van der Waals surface area contributed by atoms with Crippen molar-refractivity contribution in [3.8, 4) is 0 Å². The lowest BCUT2D eigenvalue weighted by Gasteiger charge is -2.43. The largest absolute Gasteiger partial charge is 0.433 e. The number of fused-ring (bicyclic) bond motifs is 2. The molecule has 4 heterocycles. The molecule has 3 aliphatic heterocycles. The predicted octanol–water partition coefficient (Wildman–Crippen LogP) is 0.656. The molecule has 38 heavy (non-hydrogen) atoms. The zero-order valence-corrected chi connectivity index (χ0v) is 20.9.